The van der Waals surface area contributed by atoms with E-state index in [2.05, 4.69) is 63.1 Å². The average molecular weight is 436 g/mol. The predicted molar refractivity (Wildman–Crippen MR) is 128 cm³/mol. The maximum Gasteiger partial charge on any atom is 0.223 e. The second-order valence-electron chi connectivity index (χ2n) is 10.4. The van der Waals surface area contributed by atoms with Crippen molar-refractivity contribution in [3.63, 3.8) is 0 Å². The van der Waals surface area contributed by atoms with Crippen LogP contribution < -0.4 is 9.96 Å². The minimum Gasteiger partial charge on any atom is -0.395 e. The van der Waals surface area contributed by atoms with Gasteiger partial charge in [-0.15, -0.1) is 0 Å². The van der Waals surface area contributed by atoms with Gasteiger partial charge in [-0.1, -0.05) is 71.9 Å². The maximum absolute atomic E-state index is 12.9. The average Bonchev–Trinajstić information content (AvgIpc) is 2.89. The SMILES string of the molecule is CCCCCCCC(=O)N1Cc2c(N[Si](C)(C)C)nc(N[Si](C)(C)C)nc2C1C. The molecular formula is C21H41N5OSi2. The molecule has 1 atom stereocenters. The Balaban J connectivity index is 2.21. The van der Waals surface area contributed by atoms with Crippen molar-refractivity contribution in [2.75, 3.05) is 9.96 Å². The van der Waals surface area contributed by atoms with E-state index in [0.29, 0.717) is 18.9 Å². The lowest BCUT2D eigenvalue weighted by Crippen LogP contribution is -2.35. The van der Waals surface area contributed by atoms with Crippen LogP contribution in [0.5, 0.6) is 0 Å². The van der Waals surface area contributed by atoms with Crippen molar-refractivity contribution in [2.45, 2.75) is 104 Å². The highest BCUT2D eigenvalue weighted by Gasteiger charge is 2.35. The lowest BCUT2D eigenvalue weighted by Gasteiger charge is -2.23. The van der Waals surface area contributed by atoms with Gasteiger partial charge >= 0.3 is 0 Å². The Morgan fingerprint density at radius 3 is 2.21 bits per heavy atom. The first-order valence-corrected chi connectivity index (χ1v) is 18.2. The Labute approximate surface area is 179 Å². The number of hydrogen-bond donors (Lipinski definition) is 2. The number of anilines is 2. The Hall–Kier alpha value is -1.42. The zero-order valence-corrected chi connectivity index (χ0v) is 21.8. The standard InChI is InChI=1S/C21H41N5OSi2/c1-9-10-11-12-13-14-18(27)26-15-17-19(16(26)2)22-21(25-29(6,7)8)23-20(17)24-28(3,4)5/h16H,9-15H2,1-8H3,(H2,22,23,24,25). The summed E-state index contributed by atoms with van der Waals surface area (Å²) in [6.07, 6.45) is 6.46. The number of carbonyl (C=O) groups excluding carboxylic acids is 1. The molecule has 8 heteroatoms. The van der Waals surface area contributed by atoms with Gasteiger partial charge in [-0.2, -0.15) is 4.98 Å². The van der Waals surface area contributed by atoms with Gasteiger partial charge in [0.05, 0.1) is 18.3 Å². The maximum atomic E-state index is 12.9. The van der Waals surface area contributed by atoms with Crippen molar-refractivity contribution in [1.82, 2.24) is 14.9 Å². The first-order valence-electron chi connectivity index (χ1n) is 11.2. The molecule has 2 heterocycles. The molecular weight excluding hydrogens is 394 g/mol. The number of rotatable bonds is 10. The molecule has 164 valence electrons. The van der Waals surface area contributed by atoms with Crippen LogP contribution >= 0.6 is 0 Å². The third-order valence-corrected chi connectivity index (χ3v) is 6.99. The van der Waals surface area contributed by atoms with Crippen molar-refractivity contribution in [1.29, 1.82) is 0 Å². The molecule has 1 unspecified atom stereocenters. The normalized spacial score (nSPS) is 16.7. The molecule has 1 aromatic heterocycles. The largest absolute Gasteiger partial charge is 0.395 e. The van der Waals surface area contributed by atoms with Crippen LogP contribution in [0, 0.1) is 0 Å². The molecule has 1 aromatic rings. The van der Waals surface area contributed by atoms with Crippen LogP contribution in [0.3, 0.4) is 0 Å². The third-order valence-electron chi connectivity index (χ3n) is 5.03. The van der Waals surface area contributed by atoms with E-state index >= 15 is 0 Å². The first kappa shape index (κ1) is 23.9. The number of amides is 1. The number of carbonyl (C=O) groups is 1. The van der Waals surface area contributed by atoms with Crippen LogP contribution in [-0.2, 0) is 11.3 Å². The van der Waals surface area contributed by atoms with Gasteiger partial charge in [0.2, 0.25) is 11.9 Å². The molecule has 29 heavy (non-hydrogen) atoms. The van der Waals surface area contributed by atoms with Gasteiger partial charge in [0, 0.05) is 12.0 Å². The number of aromatic nitrogens is 2. The van der Waals surface area contributed by atoms with Gasteiger partial charge in [-0.05, 0) is 13.3 Å². The lowest BCUT2D eigenvalue weighted by atomic mass is 10.1. The van der Waals surface area contributed by atoms with E-state index in [4.69, 9.17) is 9.97 Å². The molecule has 0 radical (unpaired) electrons. The summed E-state index contributed by atoms with van der Waals surface area (Å²) in [5.41, 5.74) is 2.10. The number of hydrogen-bond acceptors (Lipinski definition) is 5. The summed E-state index contributed by atoms with van der Waals surface area (Å²) in [6.45, 7) is 18.5. The molecule has 0 aromatic carbocycles. The van der Waals surface area contributed by atoms with Gasteiger partial charge in [-0.3, -0.25) is 4.79 Å². The minimum atomic E-state index is -1.59. The van der Waals surface area contributed by atoms with E-state index in [1.54, 1.807) is 0 Å². The fraction of sp³-hybridized carbons (Fsp3) is 0.762. The van der Waals surface area contributed by atoms with Crippen LogP contribution in [0.25, 0.3) is 0 Å². The van der Waals surface area contributed by atoms with E-state index in [-0.39, 0.29) is 11.9 Å². The molecule has 0 saturated carbocycles. The van der Waals surface area contributed by atoms with E-state index in [1.807, 2.05) is 4.90 Å². The molecule has 1 aliphatic rings. The van der Waals surface area contributed by atoms with Crippen molar-refractivity contribution in [3.05, 3.63) is 11.3 Å². The number of unbranched alkanes of at least 4 members (excludes halogenated alkanes) is 4. The quantitative estimate of drug-likeness (QED) is 0.362. The van der Waals surface area contributed by atoms with E-state index in [9.17, 15) is 4.79 Å². The zero-order chi connectivity index (χ0) is 21.8. The summed E-state index contributed by atoms with van der Waals surface area (Å²) < 4.78 is 0. The van der Waals surface area contributed by atoms with E-state index < -0.39 is 16.5 Å². The first-order chi connectivity index (χ1) is 13.4. The van der Waals surface area contributed by atoms with Crippen LogP contribution in [0.4, 0.5) is 11.8 Å². The highest BCUT2D eigenvalue weighted by Crippen LogP contribution is 2.37. The lowest BCUT2D eigenvalue weighted by molar-refractivity contribution is -0.133. The van der Waals surface area contributed by atoms with Crippen molar-refractivity contribution >= 4 is 34.1 Å². The Morgan fingerprint density at radius 1 is 1.00 bits per heavy atom. The van der Waals surface area contributed by atoms with E-state index in [0.717, 1.165) is 29.9 Å². The Bertz CT molecular complexity index is 712. The van der Waals surface area contributed by atoms with Gasteiger partial charge in [-0.25, -0.2) is 4.98 Å². The zero-order valence-electron chi connectivity index (χ0n) is 19.8. The Kier molecular flexibility index (Phi) is 7.89. The predicted octanol–water partition coefficient (Wildman–Crippen LogP) is 5.73. The highest BCUT2D eigenvalue weighted by molar-refractivity contribution is 6.79. The van der Waals surface area contributed by atoms with Crippen LogP contribution in [-0.4, -0.2) is 37.2 Å². The molecule has 6 nitrogen and oxygen atoms in total. The number of fused-ring (bicyclic) bond motifs is 1. The monoisotopic (exact) mass is 435 g/mol. The highest BCUT2D eigenvalue weighted by atomic mass is 28.3. The molecule has 2 rings (SSSR count). The van der Waals surface area contributed by atoms with Crippen LogP contribution in [0.15, 0.2) is 0 Å². The van der Waals surface area contributed by atoms with Gasteiger partial charge in [0.1, 0.15) is 22.3 Å². The molecule has 0 spiro atoms. The molecule has 1 amide bonds. The van der Waals surface area contributed by atoms with Crippen molar-refractivity contribution in [3.8, 4) is 0 Å². The molecule has 0 saturated heterocycles. The summed E-state index contributed by atoms with van der Waals surface area (Å²) in [5.74, 6) is 1.86. The van der Waals surface area contributed by atoms with Crippen molar-refractivity contribution < 1.29 is 4.79 Å². The molecule has 0 aliphatic carbocycles. The van der Waals surface area contributed by atoms with E-state index in [1.165, 1.54) is 19.3 Å². The Morgan fingerprint density at radius 2 is 1.62 bits per heavy atom. The smallest absolute Gasteiger partial charge is 0.223 e. The topological polar surface area (TPSA) is 70.2 Å². The number of nitrogens with one attached hydrogen (secondary N) is 2. The summed E-state index contributed by atoms with van der Waals surface area (Å²) >= 11 is 0. The van der Waals surface area contributed by atoms with Gasteiger partial charge in [0.25, 0.3) is 0 Å². The summed E-state index contributed by atoms with van der Waals surface area (Å²) in [6, 6.07) is 0.000474. The minimum absolute atomic E-state index is 0.000474. The molecule has 1 aliphatic heterocycles. The second-order valence-corrected chi connectivity index (χ2v) is 19.9. The van der Waals surface area contributed by atoms with Crippen molar-refractivity contribution in [2.24, 2.45) is 0 Å². The van der Waals surface area contributed by atoms with Crippen LogP contribution in [0.2, 0.25) is 39.3 Å². The summed E-state index contributed by atoms with van der Waals surface area (Å²) in [5, 5.41) is 0. The molecule has 0 fully saturated rings. The summed E-state index contributed by atoms with van der Waals surface area (Å²) in [7, 11) is -3.16. The second kappa shape index (κ2) is 9.60. The van der Waals surface area contributed by atoms with Gasteiger partial charge in [0.15, 0.2) is 0 Å². The molecule has 2 N–H and O–H groups in total. The van der Waals surface area contributed by atoms with Gasteiger partial charge < -0.3 is 14.9 Å². The van der Waals surface area contributed by atoms with Crippen LogP contribution in [0.1, 0.15) is 69.7 Å². The fourth-order valence-electron chi connectivity index (χ4n) is 3.64. The third kappa shape index (κ3) is 7.10. The molecule has 0 bridgehead atoms. The summed E-state index contributed by atoms with van der Waals surface area (Å²) in [4.78, 5) is 31.8. The number of nitrogens with zero attached hydrogens (tertiary/aromatic N) is 3. The fourth-order valence-corrected chi connectivity index (χ4v) is 5.33.